The molecule has 0 radical (unpaired) electrons. The molecule has 2 heterocycles. The number of carbonyl (C=O) groups excluding carboxylic acids is 1. The van der Waals surface area contributed by atoms with Crippen LogP contribution in [0.15, 0.2) is 35.1 Å². The molecule has 118 valence electrons. The van der Waals surface area contributed by atoms with Crippen LogP contribution in [-0.2, 0) is 11.2 Å². The van der Waals surface area contributed by atoms with Crippen molar-refractivity contribution in [3.8, 4) is 5.69 Å². The number of aromatic nitrogens is 5. The van der Waals surface area contributed by atoms with E-state index >= 15 is 0 Å². The van der Waals surface area contributed by atoms with Crippen molar-refractivity contribution in [2.45, 2.75) is 26.7 Å². The Balaban J connectivity index is 1.63. The molecule has 8 nitrogen and oxygen atoms in total. The van der Waals surface area contributed by atoms with E-state index in [-0.39, 0.29) is 5.91 Å². The largest absolute Gasteiger partial charge is 0.361 e. The summed E-state index contributed by atoms with van der Waals surface area (Å²) >= 11 is 0. The number of carbonyl (C=O) groups is 1. The first-order chi connectivity index (χ1) is 11.1. The normalized spacial score (nSPS) is 10.7. The summed E-state index contributed by atoms with van der Waals surface area (Å²) in [4.78, 5) is 12.1. The topological polar surface area (TPSA) is 98.7 Å². The number of amides is 1. The Bertz CT molecular complexity index is 790. The van der Waals surface area contributed by atoms with Gasteiger partial charge in [-0.15, -0.1) is 5.10 Å². The van der Waals surface area contributed by atoms with E-state index in [0.29, 0.717) is 18.5 Å². The maximum absolute atomic E-state index is 12.1. The van der Waals surface area contributed by atoms with Gasteiger partial charge < -0.3 is 9.84 Å². The third-order valence-electron chi connectivity index (χ3n) is 3.53. The number of tetrazole rings is 1. The molecule has 0 aliphatic heterocycles. The SMILES string of the molecule is Cc1noc(C)c1CCC(=O)Nc1cccc(-n2cnnn2)c1. The van der Waals surface area contributed by atoms with Gasteiger partial charge in [0.05, 0.1) is 11.4 Å². The molecular weight excluding hydrogens is 296 g/mol. The molecule has 0 spiro atoms. The number of hydrogen-bond acceptors (Lipinski definition) is 6. The van der Waals surface area contributed by atoms with Gasteiger partial charge in [-0.2, -0.15) is 0 Å². The third-order valence-corrected chi connectivity index (χ3v) is 3.53. The highest BCUT2D eigenvalue weighted by atomic mass is 16.5. The van der Waals surface area contributed by atoms with Gasteiger partial charge in [-0.25, -0.2) is 4.68 Å². The summed E-state index contributed by atoms with van der Waals surface area (Å²) in [5.74, 6) is 0.690. The first-order valence-electron chi connectivity index (χ1n) is 7.18. The van der Waals surface area contributed by atoms with E-state index in [9.17, 15) is 4.79 Å². The zero-order chi connectivity index (χ0) is 16.2. The van der Waals surface area contributed by atoms with Gasteiger partial charge >= 0.3 is 0 Å². The molecular formula is C15H16N6O2. The first-order valence-corrected chi connectivity index (χ1v) is 7.18. The molecule has 3 rings (SSSR count). The summed E-state index contributed by atoms with van der Waals surface area (Å²) in [5.41, 5.74) is 3.29. The van der Waals surface area contributed by atoms with Crippen LogP contribution in [0, 0.1) is 13.8 Å². The van der Waals surface area contributed by atoms with Gasteiger partial charge in [0.15, 0.2) is 0 Å². The Morgan fingerprint density at radius 2 is 2.22 bits per heavy atom. The van der Waals surface area contributed by atoms with Gasteiger partial charge in [0.25, 0.3) is 0 Å². The van der Waals surface area contributed by atoms with Gasteiger partial charge in [0.2, 0.25) is 5.91 Å². The fourth-order valence-corrected chi connectivity index (χ4v) is 2.33. The molecule has 1 N–H and O–H groups in total. The molecule has 8 heteroatoms. The molecule has 0 fully saturated rings. The molecule has 0 bridgehead atoms. The van der Waals surface area contributed by atoms with E-state index in [2.05, 4.69) is 26.0 Å². The highest BCUT2D eigenvalue weighted by Gasteiger charge is 2.11. The van der Waals surface area contributed by atoms with Gasteiger partial charge in [-0.3, -0.25) is 4.79 Å². The summed E-state index contributed by atoms with van der Waals surface area (Å²) < 4.78 is 6.63. The second-order valence-electron chi connectivity index (χ2n) is 5.16. The Morgan fingerprint density at radius 3 is 2.91 bits per heavy atom. The van der Waals surface area contributed by atoms with Crippen molar-refractivity contribution in [3.05, 3.63) is 47.6 Å². The number of nitrogens with zero attached hydrogens (tertiary/aromatic N) is 5. The van der Waals surface area contributed by atoms with E-state index in [1.807, 2.05) is 38.1 Å². The van der Waals surface area contributed by atoms with Crippen molar-refractivity contribution in [2.24, 2.45) is 0 Å². The van der Waals surface area contributed by atoms with Crippen molar-refractivity contribution in [1.82, 2.24) is 25.4 Å². The summed E-state index contributed by atoms with van der Waals surface area (Å²) in [5, 5.41) is 17.8. The van der Waals surface area contributed by atoms with E-state index in [4.69, 9.17) is 4.52 Å². The molecule has 0 saturated heterocycles. The number of anilines is 1. The minimum absolute atomic E-state index is 0.0705. The maximum Gasteiger partial charge on any atom is 0.224 e. The quantitative estimate of drug-likeness (QED) is 0.771. The van der Waals surface area contributed by atoms with Crippen molar-refractivity contribution < 1.29 is 9.32 Å². The molecule has 0 atom stereocenters. The summed E-state index contributed by atoms with van der Waals surface area (Å²) in [6, 6.07) is 7.32. The average Bonchev–Trinajstić information content (AvgIpc) is 3.17. The van der Waals surface area contributed by atoms with Crippen LogP contribution in [0.2, 0.25) is 0 Å². The Hall–Kier alpha value is -3.03. The van der Waals surface area contributed by atoms with Crippen LogP contribution in [0.3, 0.4) is 0 Å². The van der Waals surface area contributed by atoms with Crippen LogP contribution < -0.4 is 5.32 Å². The second kappa shape index (κ2) is 6.39. The third kappa shape index (κ3) is 3.42. The van der Waals surface area contributed by atoms with Gasteiger partial charge in [0, 0.05) is 17.7 Å². The number of aryl methyl sites for hydroxylation is 2. The van der Waals surface area contributed by atoms with Crippen LogP contribution in [0.25, 0.3) is 5.69 Å². The number of rotatable bonds is 5. The fraction of sp³-hybridized carbons (Fsp3) is 0.267. The smallest absolute Gasteiger partial charge is 0.224 e. The molecule has 3 aromatic rings. The van der Waals surface area contributed by atoms with Crippen molar-refractivity contribution >= 4 is 11.6 Å². The molecule has 0 saturated carbocycles. The molecule has 0 aliphatic carbocycles. The molecule has 0 aliphatic rings. The van der Waals surface area contributed by atoms with Gasteiger partial charge in [0.1, 0.15) is 12.1 Å². The monoisotopic (exact) mass is 312 g/mol. The van der Waals surface area contributed by atoms with Crippen LogP contribution in [0.4, 0.5) is 5.69 Å². The van der Waals surface area contributed by atoms with Crippen LogP contribution in [0.5, 0.6) is 0 Å². The van der Waals surface area contributed by atoms with Crippen molar-refractivity contribution in [3.63, 3.8) is 0 Å². The average molecular weight is 312 g/mol. The Kier molecular flexibility index (Phi) is 4.13. The molecule has 1 aromatic carbocycles. The lowest BCUT2D eigenvalue weighted by atomic mass is 10.1. The Morgan fingerprint density at radius 1 is 1.35 bits per heavy atom. The Labute approximate surface area is 132 Å². The fourth-order valence-electron chi connectivity index (χ4n) is 2.33. The lowest BCUT2D eigenvalue weighted by Gasteiger charge is -2.07. The van der Waals surface area contributed by atoms with Crippen LogP contribution in [0.1, 0.15) is 23.4 Å². The molecule has 1 amide bonds. The zero-order valence-electron chi connectivity index (χ0n) is 12.9. The zero-order valence-corrected chi connectivity index (χ0v) is 12.9. The lowest BCUT2D eigenvalue weighted by Crippen LogP contribution is -2.13. The summed E-state index contributed by atoms with van der Waals surface area (Å²) in [7, 11) is 0. The number of benzene rings is 1. The lowest BCUT2D eigenvalue weighted by molar-refractivity contribution is -0.116. The molecule has 0 unspecified atom stereocenters. The first kappa shape index (κ1) is 14.9. The standard InChI is InChI=1S/C15H16N6O2/c1-10-14(11(2)23-18-10)6-7-15(22)17-12-4-3-5-13(8-12)21-9-16-19-20-21/h3-5,8-9H,6-7H2,1-2H3,(H,17,22). The minimum Gasteiger partial charge on any atom is -0.361 e. The second-order valence-corrected chi connectivity index (χ2v) is 5.16. The number of nitrogens with one attached hydrogen (secondary N) is 1. The predicted octanol–water partition coefficient (Wildman–Crippen LogP) is 1.84. The van der Waals surface area contributed by atoms with Gasteiger partial charge in [-0.1, -0.05) is 11.2 Å². The highest BCUT2D eigenvalue weighted by Crippen LogP contribution is 2.16. The van der Waals surface area contributed by atoms with Crippen LogP contribution >= 0.6 is 0 Å². The molecule has 2 aromatic heterocycles. The molecule has 23 heavy (non-hydrogen) atoms. The van der Waals surface area contributed by atoms with E-state index < -0.39 is 0 Å². The van der Waals surface area contributed by atoms with Gasteiger partial charge in [-0.05, 0) is 48.9 Å². The van der Waals surface area contributed by atoms with E-state index in [0.717, 1.165) is 22.7 Å². The minimum atomic E-state index is -0.0705. The van der Waals surface area contributed by atoms with Crippen LogP contribution in [-0.4, -0.2) is 31.3 Å². The van der Waals surface area contributed by atoms with E-state index in [1.54, 1.807) is 0 Å². The maximum atomic E-state index is 12.1. The highest BCUT2D eigenvalue weighted by molar-refractivity contribution is 5.91. The van der Waals surface area contributed by atoms with Crippen molar-refractivity contribution in [2.75, 3.05) is 5.32 Å². The van der Waals surface area contributed by atoms with Crippen molar-refractivity contribution in [1.29, 1.82) is 0 Å². The summed E-state index contributed by atoms with van der Waals surface area (Å²) in [6.45, 7) is 3.72. The summed E-state index contributed by atoms with van der Waals surface area (Å²) in [6.07, 6.45) is 2.45. The van der Waals surface area contributed by atoms with E-state index in [1.165, 1.54) is 11.0 Å². The predicted molar refractivity (Wildman–Crippen MR) is 82.1 cm³/mol. The number of hydrogen-bond donors (Lipinski definition) is 1.